The van der Waals surface area contributed by atoms with Crippen LogP contribution in [-0.2, 0) is 25.0 Å². The molecule has 0 spiro atoms. The highest BCUT2D eigenvalue weighted by molar-refractivity contribution is 7.86. The molecule has 33 heavy (non-hydrogen) atoms. The van der Waals surface area contributed by atoms with Gasteiger partial charge in [-0.2, -0.15) is 16.8 Å². The number of carbonyl (C=O) groups is 1. The number of hydrogen-bond donors (Lipinski definition) is 4. The van der Waals surface area contributed by atoms with E-state index in [2.05, 4.69) is 12.2 Å². The van der Waals surface area contributed by atoms with Crippen molar-refractivity contribution < 1.29 is 40.6 Å². The summed E-state index contributed by atoms with van der Waals surface area (Å²) in [6.45, 7) is 2.29. The third-order valence-corrected chi connectivity index (χ3v) is 6.70. The molecule has 4 N–H and O–H groups in total. The molecule has 2 rings (SSSR count). The van der Waals surface area contributed by atoms with Crippen molar-refractivity contribution in [2.24, 2.45) is 0 Å². The van der Waals surface area contributed by atoms with Gasteiger partial charge in [-0.25, -0.2) is 4.79 Å². The van der Waals surface area contributed by atoms with Gasteiger partial charge >= 0.3 is 6.09 Å². The van der Waals surface area contributed by atoms with Gasteiger partial charge in [-0.3, -0.25) is 14.4 Å². The van der Waals surface area contributed by atoms with Crippen LogP contribution in [0.1, 0.15) is 58.3 Å². The largest absolute Gasteiger partial charge is 0.507 e. The number of hydrogen-bond acceptors (Lipinski definition) is 7. The number of amides is 1. The lowest BCUT2D eigenvalue weighted by Gasteiger charge is -2.13. The molecule has 0 fully saturated rings. The fourth-order valence-corrected chi connectivity index (χ4v) is 4.46. The van der Waals surface area contributed by atoms with Gasteiger partial charge < -0.3 is 9.84 Å². The van der Waals surface area contributed by atoms with Crippen molar-refractivity contribution in [1.82, 2.24) is 0 Å². The van der Waals surface area contributed by atoms with Crippen LogP contribution in [0.15, 0.2) is 34.1 Å². The van der Waals surface area contributed by atoms with E-state index in [-0.39, 0.29) is 23.1 Å². The first kappa shape index (κ1) is 26.8. The second kappa shape index (κ2) is 11.6. The Labute approximate surface area is 193 Å². The maximum absolute atomic E-state index is 12.2. The summed E-state index contributed by atoms with van der Waals surface area (Å²) in [6.07, 6.45) is 7.57. The number of aromatic hydroxyl groups is 1. The molecule has 1 amide bonds. The molecular formula is C21H29NO9S2. The number of carbonyl (C=O) groups excluding carboxylic acids is 1. The Morgan fingerprint density at radius 1 is 0.848 bits per heavy atom. The summed E-state index contributed by atoms with van der Waals surface area (Å²) in [5, 5.41) is 12.3. The van der Waals surface area contributed by atoms with Crippen LogP contribution in [0.5, 0.6) is 5.75 Å². The molecule has 2 aromatic rings. The molecule has 0 saturated carbocycles. The van der Waals surface area contributed by atoms with Crippen molar-refractivity contribution >= 4 is 42.8 Å². The third kappa shape index (κ3) is 8.14. The average Bonchev–Trinajstić information content (AvgIpc) is 2.70. The third-order valence-electron chi connectivity index (χ3n) is 5.04. The Morgan fingerprint density at radius 3 is 1.91 bits per heavy atom. The van der Waals surface area contributed by atoms with Crippen LogP contribution < -0.4 is 5.32 Å². The quantitative estimate of drug-likeness (QED) is 0.236. The van der Waals surface area contributed by atoms with E-state index in [0.717, 1.165) is 43.5 Å². The molecule has 0 atom stereocenters. The Hall–Kier alpha value is -2.41. The Balaban J connectivity index is 2.13. The number of unbranched alkanes of at least 4 members (excludes halogenated alkanes) is 7. The topological polar surface area (TPSA) is 167 Å². The Morgan fingerprint density at radius 2 is 1.36 bits per heavy atom. The molecule has 12 heteroatoms. The van der Waals surface area contributed by atoms with Crippen molar-refractivity contribution in [1.29, 1.82) is 0 Å². The number of benzene rings is 2. The zero-order valence-electron chi connectivity index (χ0n) is 18.3. The standard InChI is InChI=1S/C21H29NO9S2/c1-2-3-4-5-6-7-8-9-10-31-21(24)22-18-13-16(32(25,26)27)11-15-12-17(33(28,29)30)14-19(23)20(15)18/h11-14,23H,2-10H2,1H3,(H,22,24)(H,25,26,27)(H,28,29,30). The number of nitrogens with one attached hydrogen (secondary N) is 1. The van der Waals surface area contributed by atoms with Gasteiger partial charge in [-0.1, -0.05) is 51.9 Å². The number of anilines is 1. The SMILES string of the molecule is CCCCCCCCCCOC(=O)Nc1cc(S(=O)(=O)O)cc2cc(S(=O)(=O)O)cc(O)c12. The maximum Gasteiger partial charge on any atom is 0.411 e. The summed E-state index contributed by atoms with van der Waals surface area (Å²) in [7, 11) is -9.45. The second-order valence-electron chi connectivity index (χ2n) is 7.70. The van der Waals surface area contributed by atoms with Gasteiger partial charge in [0.15, 0.2) is 0 Å². The minimum absolute atomic E-state index is 0.0983. The summed E-state index contributed by atoms with van der Waals surface area (Å²) < 4.78 is 69.8. The van der Waals surface area contributed by atoms with Crippen molar-refractivity contribution in [2.45, 2.75) is 68.1 Å². The minimum Gasteiger partial charge on any atom is -0.507 e. The van der Waals surface area contributed by atoms with Crippen molar-refractivity contribution in [3.05, 3.63) is 24.3 Å². The van der Waals surface area contributed by atoms with E-state index in [4.69, 9.17) is 4.74 Å². The summed E-state index contributed by atoms with van der Waals surface area (Å²) in [6, 6.07) is 3.45. The number of phenolic OH excluding ortho intramolecular Hbond substituents is 1. The van der Waals surface area contributed by atoms with Crippen LogP contribution >= 0.6 is 0 Å². The molecular weight excluding hydrogens is 474 g/mol. The van der Waals surface area contributed by atoms with Crippen molar-refractivity contribution in [3.63, 3.8) is 0 Å². The normalized spacial score (nSPS) is 12.1. The first-order valence-electron chi connectivity index (χ1n) is 10.6. The summed E-state index contributed by atoms with van der Waals surface area (Å²) in [4.78, 5) is 10.9. The predicted octanol–water partition coefficient (Wildman–Crippen LogP) is 4.73. The number of rotatable bonds is 12. The van der Waals surface area contributed by atoms with E-state index in [9.17, 15) is 35.8 Å². The highest BCUT2D eigenvalue weighted by atomic mass is 32.2. The van der Waals surface area contributed by atoms with E-state index in [0.29, 0.717) is 6.42 Å². The van der Waals surface area contributed by atoms with Crippen LogP contribution in [0.2, 0.25) is 0 Å². The second-order valence-corrected chi connectivity index (χ2v) is 10.5. The van der Waals surface area contributed by atoms with Crippen LogP contribution in [-0.4, -0.2) is 43.7 Å². The molecule has 0 aliphatic rings. The lowest BCUT2D eigenvalue weighted by molar-refractivity contribution is 0.159. The fourth-order valence-electron chi connectivity index (χ4n) is 3.38. The van der Waals surface area contributed by atoms with Crippen LogP contribution in [0, 0.1) is 0 Å². The average molecular weight is 504 g/mol. The smallest absolute Gasteiger partial charge is 0.411 e. The first-order chi connectivity index (χ1) is 15.4. The lowest BCUT2D eigenvalue weighted by atomic mass is 10.1. The highest BCUT2D eigenvalue weighted by Crippen LogP contribution is 2.36. The molecule has 0 radical (unpaired) electrons. The van der Waals surface area contributed by atoms with E-state index in [1.165, 1.54) is 25.7 Å². The first-order valence-corrected chi connectivity index (χ1v) is 13.5. The molecule has 0 aromatic heterocycles. The summed E-state index contributed by atoms with van der Waals surface area (Å²) >= 11 is 0. The zero-order chi connectivity index (χ0) is 24.6. The molecule has 184 valence electrons. The zero-order valence-corrected chi connectivity index (χ0v) is 19.9. The molecule has 10 nitrogen and oxygen atoms in total. The molecule has 0 aliphatic heterocycles. The van der Waals surface area contributed by atoms with Gasteiger partial charge in [0, 0.05) is 11.5 Å². The fraction of sp³-hybridized carbons (Fsp3) is 0.476. The maximum atomic E-state index is 12.2. The van der Waals surface area contributed by atoms with Crippen molar-refractivity contribution in [3.8, 4) is 5.75 Å². The van der Waals surface area contributed by atoms with Gasteiger partial charge in [0.25, 0.3) is 20.2 Å². The van der Waals surface area contributed by atoms with E-state index in [1.807, 2.05) is 0 Å². The molecule has 2 aromatic carbocycles. The molecule has 0 aliphatic carbocycles. The number of ether oxygens (including phenoxy) is 1. The predicted molar refractivity (Wildman–Crippen MR) is 123 cm³/mol. The van der Waals surface area contributed by atoms with E-state index in [1.54, 1.807) is 0 Å². The number of fused-ring (bicyclic) bond motifs is 1. The minimum atomic E-state index is -4.74. The highest BCUT2D eigenvalue weighted by Gasteiger charge is 2.20. The molecule has 0 heterocycles. The van der Waals surface area contributed by atoms with E-state index < -0.39 is 41.9 Å². The lowest BCUT2D eigenvalue weighted by Crippen LogP contribution is -2.15. The summed E-state index contributed by atoms with van der Waals surface area (Å²) in [5.41, 5.74) is -0.222. The molecule has 0 unspecified atom stereocenters. The van der Waals surface area contributed by atoms with Gasteiger partial charge in [0.1, 0.15) is 5.75 Å². The van der Waals surface area contributed by atoms with Crippen LogP contribution in [0.3, 0.4) is 0 Å². The Kier molecular flexibility index (Phi) is 9.46. The molecule has 0 saturated heterocycles. The van der Waals surface area contributed by atoms with E-state index >= 15 is 0 Å². The van der Waals surface area contributed by atoms with Gasteiger partial charge in [-0.05, 0) is 30.0 Å². The van der Waals surface area contributed by atoms with Crippen molar-refractivity contribution in [2.75, 3.05) is 11.9 Å². The van der Waals surface area contributed by atoms with Gasteiger partial charge in [0.05, 0.1) is 22.1 Å². The number of phenols is 1. The summed E-state index contributed by atoms with van der Waals surface area (Å²) in [5.74, 6) is -0.639. The molecule has 0 bridgehead atoms. The van der Waals surface area contributed by atoms with Crippen LogP contribution in [0.4, 0.5) is 10.5 Å². The van der Waals surface area contributed by atoms with Crippen LogP contribution in [0.25, 0.3) is 10.8 Å². The monoisotopic (exact) mass is 503 g/mol. The van der Waals surface area contributed by atoms with Gasteiger partial charge in [-0.15, -0.1) is 0 Å². The Bertz CT molecular complexity index is 1190. The van der Waals surface area contributed by atoms with Gasteiger partial charge in [0.2, 0.25) is 0 Å².